The number of aryl methyl sites for hydroxylation is 1. The van der Waals surface area contributed by atoms with Gasteiger partial charge in [0, 0.05) is 6.54 Å². The van der Waals surface area contributed by atoms with Gasteiger partial charge in [-0.15, -0.1) is 0 Å². The van der Waals surface area contributed by atoms with E-state index in [9.17, 15) is 27.3 Å². The topological polar surface area (TPSA) is 112 Å². The van der Waals surface area contributed by atoms with E-state index >= 15 is 0 Å². The Bertz CT molecular complexity index is 896. The van der Waals surface area contributed by atoms with Gasteiger partial charge in [0.25, 0.3) is 0 Å². The third kappa shape index (κ3) is 4.10. The van der Waals surface area contributed by atoms with E-state index in [0.29, 0.717) is 6.07 Å². The molecule has 1 aromatic heterocycles. The maximum absolute atomic E-state index is 12.7. The maximum atomic E-state index is 12.7. The molecule has 1 heterocycles. The van der Waals surface area contributed by atoms with E-state index in [4.69, 9.17) is 9.79 Å². The number of halogens is 3. The molecule has 0 fully saturated rings. The predicted octanol–water partition coefficient (Wildman–Crippen LogP) is 1.28. The molecule has 7 nitrogen and oxygen atoms in total. The molecule has 0 atom stereocenters. The molecule has 23 heavy (non-hydrogen) atoms. The van der Waals surface area contributed by atoms with Gasteiger partial charge in [0.2, 0.25) is 0 Å². The third-order valence-electron chi connectivity index (χ3n) is 3.13. The molecular weight excluding hydrogens is 340 g/mol. The second-order valence-corrected chi connectivity index (χ2v) is 6.66. The average Bonchev–Trinajstić information content (AvgIpc) is 2.40. The van der Waals surface area contributed by atoms with Crippen LogP contribution < -0.4 is 11.1 Å². The zero-order valence-corrected chi connectivity index (χ0v) is 12.4. The lowest BCUT2D eigenvalue weighted by molar-refractivity contribution is -0.137. The van der Waals surface area contributed by atoms with Crippen LogP contribution in [0.15, 0.2) is 27.8 Å². The largest absolute Gasteiger partial charge is 0.416 e. The number of hydrogen-bond acceptors (Lipinski definition) is 3. The second-order valence-electron chi connectivity index (χ2n) is 4.88. The van der Waals surface area contributed by atoms with Crippen LogP contribution in [0.4, 0.5) is 13.2 Å². The van der Waals surface area contributed by atoms with Crippen LogP contribution in [-0.2, 0) is 17.3 Å². The molecule has 0 radical (unpaired) electrons. The molecule has 0 spiro atoms. The van der Waals surface area contributed by atoms with Crippen LogP contribution in [0.1, 0.15) is 12.0 Å². The van der Waals surface area contributed by atoms with E-state index in [1.165, 1.54) is 0 Å². The molecule has 0 bridgehead atoms. The highest BCUT2D eigenvalue weighted by atomic mass is 31.2. The second kappa shape index (κ2) is 5.95. The lowest BCUT2D eigenvalue weighted by Crippen LogP contribution is -2.36. The third-order valence-corrected chi connectivity index (χ3v) is 4.03. The Labute approximate surface area is 126 Å². The van der Waals surface area contributed by atoms with E-state index in [2.05, 4.69) is 4.98 Å². The summed E-state index contributed by atoms with van der Waals surface area (Å²) in [7, 11) is -4.27. The standard InChI is InChI=1S/C12H12F3N2O5P/c13-12(14,15)7-2-3-9-8(6-7)16-10(18)11(19)17(9)4-1-5-23(20,21)22/h2-3,6H,1,4-5H2,(H,16,18)(H2,20,21,22). The fourth-order valence-corrected chi connectivity index (χ4v) is 2.67. The Morgan fingerprint density at radius 2 is 1.87 bits per heavy atom. The number of alkyl halides is 3. The van der Waals surface area contributed by atoms with Crippen molar-refractivity contribution in [2.75, 3.05) is 6.16 Å². The quantitative estimate of drug-likeness (QED) is 0.567. The number of H-pyrrole nitrogens is 1. The summed E-state index contributed by atoms with van der Waals surface area (Å²) in [6, 6.07) is 2.50. The molecule has 0 aliphatic rings. The van der Waals surface area contributed by atoms with Gasteiger partial charge in [-0.1, -0.05) is 0 Å². The van der Waals surface area contributed by atoms with Gasteiger partial charge in [-0.2, -0.15) is 13.2 Å². The van der Waals surface area contributed by atoms with Gasteiger partial charge in [0.1, 0.15) is 0 Å². The van der Waals surface area contributed by atoms with Crippen molar-refractivity contribution >= 4 is 18.6 Å². The van der Waals surface area contributed by atoms with Crippen molar-refractivity contribution in [1.82, 2.24) is 9.55 Å². The van der Waals surface area contributed by atoms with Crippen molar-refractivity contribution in [2.45, 2.75) is 19.1 Å². The minimum atomic E-state index is -4.60. The minimum absolute atomic E-state index is 0.0494. The lowest BCUT2D eigenvalue weighted by atomic mass is 10.2. The van der Waals surface area contributed by atoms with E-state index in [1.807, 2.05) is 0 Å². The van der Waals surface area contributed by atoms with E-state index in [0.717, 1.165) is 16.7 Å². The summed E-state index contributed by atoms with van der Waals surface area (Å²) >= 11 is 0. The summed E-state index contributed by atoms with van der Waals surface area (Å²) in [4.78, 5) is 43.0. The SMILES string of the molecule is O=c1[nH]c2cc(C(F)(F)F)ccc2n(CCCP(=O)(O)O)c1=O. The Morgan fingerprint density at radius 1 is 1.22 bits per heavy atom. The van der Waals surface area contributed by atoms with Gasteiger partial charge >= 0.3 is 24.9 Å². The molecule has 0 aliphatic heterocycles. The zero-order chi connectivity index (χ0) is 17.4. The summed E-state index contributed by atoms with van der Waals surface area (Å²) in [5.41, 5.74) is -3.22. The Balaban J connectivity index is 2.51. The summed E-state index contributed by atoms with van der Waals surface area (Å²) in [6.07, 6.45) is -5.22. The van der Waals surface area contributed by atoms with Gasteiger partial charge < -0.3 is 19.3 Å². The molecule has 3 N–H and O–H groups in total. The Morgan fingerprint density at radius 3 is 2.43 bits per heavy atom. The first-order valence-corrected chi connectivity index (χ1v) is 8.17. The van der Waals surface area contributed by atoms with Crippen molar-refractivity contribution in [1.29, 1.82) is 0 Å². The molecular formula is C12H12F3N2O5P. The Kier molecular flexibility index (Phi) is 4.52. The molecule has 1 aromatic carbocycles. The van der Waals surface area contributed by atoms with Crippen LogP contribution in [0.5, 0.6) is 0 Å². The molecule has 11 heteroatoms. The number of fused-ring (bicyclic) bond motifs is 1. The van der Waals surface area contributed by atoms with Crippen LogP contribution in [0, 0.1) is 0 Å². The first-order valence-electron chi connectivity index (χ1n) is 6.38. The van der Waals surface area contributed by atoms with Crippen LogP contribution in [0.2, 0.25) is 0 Å². The van der Waals surface area contributed by atoms with Gasteiger partial charge in [0.05, 0.1) is 22.8 Å². The number of aromatic nitrogens is 2. The van der Waals surface area contributed by atoms with E-state index in [-0.39, 0.29) is 24.0 Å². The lowest BCUT2D eigenvalue weighted by Gasteiger charge is -2.12. The van der Waals surface area contributed by atoms with Crippen LogP contribution in [0.3, 0.4) is 0 Å². The maximum Gasteiger partial charge on any atom is 0.416 e. The van der Waals surface area contributed by atoms with Gasteiger partial charge in [-0.3, -0.25) is 14.2 Å². The van der Waals surface area contributed by atoms with Crippen molar-refractivity contribution in [3.63, 3.8) is 0 Å². The van der Waals surface area contributed by atoms with Crippen LogP contribution in [-0.4, -0.2) is 25.5 Å². The van der Waals surface area contributed by atoms with Gasteiger partial charge in [-0.25, -0.2) is 0 Å². The van der Waals surface area contributed by atoms with Crippen molar-refractivity contribution < 1.29 is 27.5 Å². The molecule has 0 unspecified atom stereocenters. The van der Waals surface area contributed by atoms with E-state index < -0.39 is 36.6 Å². The molecule has 0 amide bonds. The molecule has 0 aliphatic carbocycles. The number of rotatable bonds is 4. The monoisotopic (exact) mass is 352 g/mol. The highest BCUT2D eigenvalue weighted by molar-refractivity contribution is 7.51. The van der Waals surface area contributed by atoms with Crippen LogP contribution >= 0.6 is 7.60 Å². The number of nitrogens with one attached hydrogen (secondary N) is 1. The molecule has 0 saturated heterocycles. The molecule has 2 rings (SSSR count). The van der Waals surface area contributed by atoms with Gasteiger partial charge in [0.15, 0.2) is 0 Å². The number of nitrogens with zero attached hydrogens (tertiary/aromatic N) is 1. The summed E-state index contributed by atoms with van der Waals surface area (Å²) in [5, 5.41) is 0. The highest BCUT2D eigenvalue weighted by Crippen LogP contribution is 2.35. The average molecular weight is 352 g/mol. The zero-order valence-electron chi connectivity index (χ0n) is 11.5. The Hall–Kier alpha value is -1.90. The number of aromatic amines is 1. The number of hydrogen-bond donors (Lipinski definition) is 3. The predicted molar refractivity (Wildman–Crippen MR) is 75.4 cm³/mol. The van der Waals surface area contributed by atoms with Crippen molar-refractivity contribution in [3.8, 4) is 0 Å². The minimum Gasteiger partial charge on any atom is -0.324 e. The van der Waals surface area contributed by atoms with Crippen molar-refractivity contribution in [2.24, 2.45) is 0 Å². The first-order chi connectivity index (χ1) is 10.5. The summed E-state index contributed by atoms with van der Waals surface area (Å²) < 4.78 is 49.8. The first kappa shape index (κ1) is 17.5. The normalized spacial score (nSPS) is 12.7. The molecule has 126 valence electrons. The summed E-state index contributed by atoms with van der Waals surface area (Å²) in [5.74, 6) is 0. The fourth-order valence-electron chi connectivity index (χ4n) is 2.11. The van der Waals surface area contributed by atoms with Crippen LogP contribution in [0.25, 0.3) is 11.0 Å². The summed E-state index contributed by atoms with van der Waals surface area (Å²) in [6.45, 7) is -0.199. The smallest absolute Gasteiger partial charge is 0.324 e. The highest BCUT2D eigenvalue weighted by Gasteiger charge is 2.30. The molecule has 2 aromatic rings. The van der Waals surface area contributed by atoms with E-state index in [1.54, 1.807) is 0 Å². The van der Waals surface area contributed by atoms with Crippen molar-refractivity contribution in [3.05, 3.63) is 44.5 Å². The number of benzene rings is 1. The molecule has 0 saturated carbocycles. The van der Waals surface area contributed by atoms with Gasteiger partial charge in [-0.05, 0) is 24.6 Å². The fraction of sp³-hybridized carbons (Fsp3) is 0.333.